The average molecular weight is 817 g/mol. The van der Waals surface area contributed by atoms with Crippen LogP contribution >= 0.6 is 0 Å². The summed E-state index contributed by atoms with van der Waals surface area (Å²) >= 11 is 0. The van der Waals surface area contributed by atoms with Gasteiger partial charge in [0.1, 0.15) is 34.9 Å². The van der Waals surface area contributed by atoms with Gasteiger partial charge >= 0.3 is 5.97 Å². The first kappa shape index (κ1) is 46.4. The largest absolute Gasteiger partial charge is 0.512 e. The molecule has 1 saturated carbocycles. The first-order valence-corrected chi connectivity index (χ1v) is 20.3. The predicted molar refractivity (Wildman–Crippen MR) is 226 cm³/mol. The third-order valence-corrected chi connectivity index (χ3v) is 12.0. The summed E-state index contributed by atoms with van der Waals surface area (Å²) in [6.07, 6.45) is 4.73. The number of methoxy groups -OCH3 is 2. The van der Waals surface area contributed by atoms with Crippen LogP contribution in [0.4, 0.5) is 0 Å². The number of aliphatic hydroxyl groups excluding tert-OH is 1. The Morgan fingerprint density at radius 1 is 0.881 bits per heavy atom. The molecule has 0 radical (unpaired) electrons. The molecule has 7 atom stereocenters. The summed E-state index contributed by atoms with van der Waals surface area (Å²) in [6, 6.07) is 11.7. The second kappa shape index (κ2) is 20.1. The maximum atomic E-state index is 15.0. The molecule has 0 bridgehead atoms. The molecular formula is C46H64N4O9. The summed E-state index contributed by atoms with van der Waals surface area (Å²) in [5.41, 5.74) is 1.34. The van der Waals surface area contributed by atoms with Crippen molar-refractivity contribution >= 4 is 23.7 Å². The molecule has 2 aliphatic carbocycles. The quantitative estimate of drug-likeness (QED) is 0.114. The minimum absolute atomic E-state index is 0.115. The molecule has 13 nitrogen and oxygen atoms in total. The number of hydrogen-bond donors (Lipinski definition) is 3. The Labute approximate surface area is 349 Å². The second-order valence-corrected chi connectivity index (χ2v) is 16.5. The summed E-state index contributed by atoms with van der Waals surface area (Å²) in [6.45, 7) is 11.5. The lowest BCUT2D eigenvalue weighted by Gasteiger charge is -2.38. The average Bonchev–Trinajstić information content (AvgIpc) is 3.98. The van der Waals surface area contributed by atoms with Crippen LogP contribution in [0, 0.1) is 17.8 Å². The standard InChI is InChI=1S/C46H64N4O9/c1-12-29(4)41(59-44(55)39(48(6)7)26-32-15-23-36(58-11)24-16-32)42(53)47-40(28(2)3)43(54)50(9)46(27-37(46)33-17-21-35(52)22-18-33)45(56)49(8)38(30(5)57-10)25-31-13-19-34(51)20-14-31/h13-17,19-21,23-24,28-29,37-41,51-52H,5,12,18,22,25-27H2,1-4,6-11H3,(H,47,53)/t29-,37?,38+,39-,40-,41+,46-/m1/s1. The number of nitrogens with zero attached hydrogens (tertiary/aromatic N) is 3. The molecule has 3 N–H and O–H groups in total. The lowest BCUT2D eigenvalue weighted by molar-refractivity contribution is -0.164. The van der Waals surface area contributed by atoms with Crippen molar-refractivity contribution in [3.8, 4) is 11.5 Å². The Morgan fingerprint density at radius 2 is 1.47 bits per heavy atom. The number of rotatable bonds is 20. The van der Waals surface area contributed by atoms with Crippen molar-refractivity contribution in [3.63, 3.8) is 0 Å². The van der Waals surface area contributed by atoms with Crippen LogP contribution in [-0.4, -0.2) is 121 Å². The molecule has 0 heterocycles. The molecule has 0 saturated heterocycles. The molecule has 0 aliphatic heterocycles. The third kappa shape index (κ3) is 10.9. The van der Waals surface area contributed by atoms with E-state index in [2.05, 4.69) is 11.9 Å². The van der Waals surface area contributed by atoms with Gasteiger partial charge in [0.15, 0.2) is 6.10 Å². The van der Waals surface area contributed by atoms with Gasteiger partial charge in [0.2, 0.25) is 11.8 Å². The molecule has 4 rings (SSSR count). The number of esters is 1. The van der Waals surface area contributed by atoms with Gasteiger partial charge in [-0.3, -0.25) is 24.1 Å². The first-order valence-electron chi connectivity index (χ1n) is 20.3. The zero-order valence-electron chi connectivity index (χ0n) is 36.4. The maximum absolute atomic E-state index is 15.0. The highest BCUT2D eigenvalue weighted by Gasteiger charge is 2.67. The van der Waals surface area contributed by atoms with E-state index in [0.29, 0.717) is 50.0 Å². The number of nitrogens with one attached hydrogen (secondary N) is 1. The van der Waals surface area contributed by atoms with Crippen LogP contribution in [-0.2, 0) is 41.5 Å². The molecule has 3 amide bonds. The van der Waals surface area contributed by atoms with Crippen LogP contribution in [0.2, 0.25) is 0 Å². The van der Waals surface area contributed by atoms with E-state index in [-0.39, 0.29) is 29.3 Å². The molecule has 13 heteroatoms. The highest BCUT2D eigenvalue weighted by Crippen LogP contribution is 2.55. The summed E-state index contributed by atoms with van der Waals surface area (Å²) < 4.78 is 16.9. The van der Waals surface area contributed by atoms with Gasteiger partial charge in [-0.25, -0.2) is 0 Å². The van der Waals surface area contributed by atoms with E-state index in [1.165, 1.54) is 12.0 Å². The van der Waals surface area contributed by atoms with Crippen LogP contribution in [0.5, 0.6) is 11.5 Å². The summed E-state index contributed by atoms with van der Waals surface area (Å²) in [7, 11) is 9.89. The SMILES string of the molecule is C=C(OC)[C@H](Cc1ccc(O)cc1)N(C)C(=O)[C@@]1(N(C)C(=O)[C@H](NC(=O)[C@@H](OC(=O)[C@@H](Cc2ccc(OC)cc2)N(C)C)[C@H](C)CC)C(C)C)CC1C1=CC=C(O)CC1. The van der Waals surface area contributed by atoms with Gasteiger partial charge in [-0.15, -0.1) is 0 Å². The number of aliphatic hydroxyl groups is 1. The molecule has 2 aromatic carbocycles. The number of likely N-dealkylation sites (N-methyl/N-ethyl adjacent to an activating group) is 3. The molecule has 1 fully saturated rings. The Kier molecular flexibility index (Phi) is 15.8. The van der Waals surface area contributed by atoms with Gasteiger partial charge in [-0.2, -0.15) is 0 Å². The lowest BCUT2D eigenvalue weighted by atomic mass is 9.93. The fourth-order valence-corrected chi connectivity index (χ4v) is 7.74. The van der Waals surface area contributed by atoms with E-state index in [1.54, 1.807) is 75.4 Å². The minimum atomic E-state index is -1.32. The molecule has 1 unspecified atom stereocenters. The number of allylic oxidation sites excluding steroid dienone is 3. The van der Waals surface area contributed by atoms with Gasteiger partial charge < -0.3 is 39.5 Å². The molecular weight excluding hydrogens is 753 g/mol. The van der Waals surface area contributed by atoms with Crippen molar-refractivity contribution in [1.29, 1.82) is 0 Å². The zero-order valence-corrected chi connectivity index (χ0v) is 36.4. The van der Waals surface area contributed by atoms with E-state index in [9.17, 15) is 29.4 Å². The first-order chi connectivity index (χ1) is 27.9. The smallest absolute Gasteiger partial charge is 0.324 e. The van der Waals surface area contributed by atoms with Crippen molar-refractivity contribution in [1.82, 2.24) is 20.0 Å². The summed E-state index contributed by atoms with van der Waals surface area (Å²) in [5, 5.41) is 23.0. The normalized spacial score (nSPS) is 19.9. The van der Waals surface area contributed by atoms with E-state index >= 15 is 0 Å². The van der Waals surface area contributed by atoms with Crippen LogP contribution in [0.15, 0.2) is 84.4 Å². The topological polar surface area (TPSA) is 158 Å². The number of aromatic hydroxyl groups is 1. The van der Waals surface area contributed by atoms with Gasteiger partial charge in [0.05, 0.1) is 26.0 Å². The Hall–Kier alpha value is -5.30. The second-order valence-electron chi connectivity index (χ2n) is 16.5. The van der Waals surface area contributed by atoms with Crippen molar-refractivity contribution in [2.45, 2.75) is 96.0 Å². The van der Waals surface area contributed by atoms with Crippen molar-refractivity contribution in [2.75, 3.05) is 42.4 Å². The highest BCUT2D eigenvalue weighted by molar-refractivity contribution is 5.98. The number of phenolic OH excluding ortho intramolecular Hbond substituents is 1. The van der Waals surface area contributed by atoms with Crippen LogP contribution < -0.4 is 10.1 Å². The highest BCUT2D eigenvalue weighted by atomic mass is 16.6. The van der Waals surface area contributed by atoms with Crippen molar-refractivity contribution in [3.05, 3.63) is 95.5 Å². The molecule has 322 valence electrons. The van der Waals surface area contributed by atoms with E-state index in [4.69, 9.17) is 14.2 Å². The number of phenols is 1. The molecule has 2 aromatic rings. The van der Waals surface area contributed by atoms with E-state index in [1.807, 2.05) is 58.0 Å². The van der Waals surface area contributed by atoms with Gasteiger partial charge in [-0.1, -0.05) is 70.2 Å². The molecule has 2 aliphatic rings. The van der Waals surface area contributed by atoms with Gasteiger partial charge in [0.25, 0.3) is 5.91 Å². The number of ether oxygens (including phenoxy) is 3. The number of carbonyl (C=O) groups is 4. The van der Waals surface area contributed by atoms with Crippen molar-refractivity contribution < 1.29 is 43.6 Å². The summed E-state index contributed by atoms with van der Waals surface area (Å²) in [4.78, 5) is 62.6. The van der Waals surface area contributed by atoms with Crippen LogP contribution in [0.1, 0.15) is 64.5 Å². The Morgan fingerprint density at radius 3 is 1.98 bits per heavy atom. The van der Waals surface area contributed by atoms with Gasteiger partial charge in [-0.05, 0) is 87.2 Å². The van der Waals surface area contributed by atoms with Gasteiger partial charge in [0, 0.05) is 38.8 Å². The maximum Gasteiger partial charge on any atom is 0.324 e. The number of amides is 3. The monoisotopic (exact) mass is 816 g/mol. The van der Waals surface area contributed by atoms with E-state index in [0.717, 1.165) is 16.7 Å². The van der Waals surface area contributed by atoms with E-state index < -0.39 is 53.5 Å². The number of carbonyl (C=O) groups excluding carboxylic acids is 4. The van der Waals surface area contributed by atoms with Crippen LogP contribution in [0.3, 0.4) is 0 Å². The number of hydrogen-bond acceptors (Lipinski definition) is 10. The lowest BCUT2D eigenvalue weighted by Crippen LogP contribution is -2.60. The zero-order chi connectivity index (χ0) is 43.8. The minimum Gasteiger partial charge on any atom is -0.512 e. The fraction of sp³-hybridized carbons (Fsp3) is 0.522. The predicted octanol–water partition coefficient (Wildman–Crippen LogP) is 5.58. The van der Waals surface area contributed by atoms with Crippen molar-refractivity contribution in [2.24, 2.45) is 17.8 Å². The number of benzene rings is 2. The molecule has 59 heavy (non-hydrogen) atoms. The Balaban J connectivity index is 1.63. The Bertz CT molecular complexity index is 1870. The summed E-state index contributed by atoms with van der Waals surface area (Å²) in [5.74, 6) is -1.69. The molecule has 0 aromatic heterocycles. The molecule has 0 spiro atoms. The third-order valence-electron chi connectivity index (χ3n) is 12.0. The fourth-order valence-electron chi connectivity index (χ4n) is 7.74. The van der Waals surface area contributed by atoms with Crippen LogP contribution in [0.25, 0.3) is 0 Å².